The molecule has 2 aliphatic rings. The highest BCUT2D eigenvalue weighted by molar-refractivity contribution is 5.93. The Labute approximate surface area is 529 Å². The van der Waals surface area contributed by atoms with Crippen LogP contribution in [0.25, 0.3) is 22.3 Å². The third kappa shape index (κ3) is 12.1. The van der Waals surface area contributed by atoms with Crippen LogP contribution in [0.15, 0.2) is 218 Å². The highest BCUT2D eigenvalue weighted by atomic mass is 16.5. The van der Waals surface area contributed by atoms with Crippen molar-refractivity contribution in [3.8, 4) is 45.3 Å². The van der Waals surface area contributed by atoms with Gasteiger partial charge in [-0.25, -0.2) is 0 Å². The van der Waals surface area contributed by atoms with Crippen LogP contribution in [0.5, 0.6) is 23.0 Å². The first-order valence-electron chi connectivity index (χ1n) is 31.8. The van der Waals surface area contributed by atoms with Gasteiger partial charge >= 0.3 is 0 Å². The molecule has 0 saturated carbocycles. The van der Waals surface area contributed by atoms with Crippen molar-refractivity contribution in [1.82, 2.24) is 0 Å². The molecule has 0 unspecified atom stereocenters. The summed E-state index contributed by atoms with van der Waals surface area (Å²) in [5.41, 5.74) is 19.6. The molecular formula is C83H86N2O4. The molecule has 2 atom stereocenters. The summed E-state index contributed by atoms with van der Waals surface area (Å²) in [7, 11) is 0. The Kier molecular flexibility index (Phi) is 16.1. The summed E-state index contributed by atoms with van der Waals surface area (Å²) in [5, 5.41) is 26.3. The van der Waals surface area contributed by atoms with E-state index in [1.807, 2.05) is 12.1 Å². The number of phenols is 2. The minimum Gasteiger partial charge on any atom is -0.505 e. The molecular weight excluding hydrogens is 1090 g/mol. The quantitative estimate of drug-likeness (QED) is 0.101. The van der Waals surface area contributed by atoms with Crippen molar-refractivity contribution in [1.29, 1.82) is 0 Å². The van der Waals surface area contributed by atoms with Crippen molar-refractivity contribution in [3.63, 3.8) is 0 Å². The highest BCUT2D eigenvalue weighted by Gasteiger charge is 2.37. The van der Waals surface area contributed by atoms with Crippen molar-refractivity contribution in [2.24, 2.45) is 21.7 Å². The molecule has 6 heteroatoms. The van der Waals surface area contributed by atoms with Crippen LogP contribution < -0.4 is 19.3 Å². The third-order valence-electron chi connectivity index (χ3n) is 20.0. The zero-order valence-electron chi connectivity index (χ0n) is 54.1. The lowest BCUT2D eigenvalue weighted by atomic mass is 9.66. The van der Waals surface area contributed by atoms with Gasteiger partial charge in [-0.1, -0.05) is 215 Å². The zero-order chi connectivity index (χ0) is 62.6. The number of benzene rings is 10. The van der Waals surface area contributed by atoms with Gasteiger partial charge in [0.25, 0.3) is 0 Å². The fourth-order valence-corrected chi connectivity index (χ4v) is 12.9. The first-order chi connectivity index (χ1) is 42.5. The van der Waals surface area contributed by atoms with Gasteiger partial charge in [0.1, 0.15) is 35.2 Å². The smallest absolute Gasteiger partial charge is 0.147 e. The number of para-hydroxylation sites is 4. The van der Waals surface area contributed by atoms with Crippen LogP contribution in [0.4, 0.5) is 34.1 Å². The van der Waals surface area contributed by atoms with Crippen LogP contribution in [-0.4, -0.2) is 10.2 Å². The standard InChI is InChI=1S/C83H86N2O4/c1-54-43-66(78(86)72(45-54)84-68-35-23-19-31-60(68)49-61-32-20-24-36-69(61)84)64-47-56(52-82(9,10)80(3,4)5)39-41-74(64)88-76(58-27-15-13-16-28-58)51-77(59-29-17-14-18-30-59)89-75-42-40-57(53-83(11,12)81(6,7)8)48-65(75)67-44-55(2)46-73(79(67)87)85-70-37-25-21-33-62(70)50-63-34-22-26-38-71(63)85/h13-48,76-77,86-87H,49-53H2,1-12H3/t76-,77+. The number of rotatable bonds is 16. The van der Waals surface area contributed by atoms with E-state index < -0.39 is 12.2 Å². The van der Waals surface area contributed by atoms with Gasteiger partial charge in [-0.05, 0) is 177 Å². The van der Waals surface area contributed by atoms with E-state index in [0.29, 0.717) is 40.4 Å². The minimum absolute atomic E-state index is 0.0102. The van der Waals surface area contributed by atoms with Gasteiger partial charge in [-0.3, -0.25) is 0 Å². The molecule has 0 amide bonds. The molecule has 0 aromatic heterocycles. The minimum atomic E-state index is -0.544. The number of phenolic OH excluding ortho intramolecular Hbond substituents is 2. The van der Waals surface area contributed by atoms with Gasteiger partial charge in [-0.15, -0.1) is 0 Å². The fourth-order valence-electron chi connectivity index (χ4n) is 12.9. The lowest BCUT2D eigenvalue weighted by Gasteiger charge is -2.39. The largest absolute Gasteiger partial charge is 0.505 e. The second kappa shape index (κ2) is 23.8. The summed E-state index contributed by atoms with van der Waals surface area (Å²) in [6.45, 7) is 27.5. The van der Waals surface area contributed by atoms with E-state index in [0.717, 1.165) is 92.9 Å². The normalized spacial score (nSPS) is 13.8. The number of nitrogens with zero attached hydrogens (tertiary/aromatic N) is 2. The number of aryl methyl sites for hydroxylation is 2. The molecule has 0 aliphatic carbocycles. The van der Waals surface area contributed by atoms with Crippen LogP contribution in [0, 0.1) is 35.5 Å². The predicted molar refractivity (Wildman–Crippen MR) is 370 cm³/mol. The molecule has 0 spiro atoms. The third-order valence-corrected chi connectivity index (χ3v) is 20.0. The molecule has 2 N–H and O–H groups in total. The number of fused-ring (bicyclic) bond motifs is 4. The van der Waals surface area contributed by atoms with Crippen LogP contribution in [0.2, 0.25) is 0 Å². The molecule has 6 nitrogen and oxygen atoms in total. The molecule has 12 rings (SSSR count). The van der Waals surface area contributed by atoms with Crippen LogP contribution in [0.1, 0.15) is 144 Å². The molecule has 10 aromatic rings. The van der Waals surface area contributed by atoms with Crippen molar-refractivity contribution in [2.45, 2.75) is 127 Å². The van der Waals surface area contributed by atoms with Gasteiger partial charge < -0.3 is 29.5 Å². The van der Waals surface area contributed by atoms with E-state index in [-0.39, 0.29) is 33.2 Å². The highest BCUT2D eigenvalue weighted by Crippen LogP contribution is 2.55. The topological polar surface area (TPSA) is 65.4 Å². The molecule has 10 aromatic carbocycles. The first-order valence-corrected chi connectivity index (χ1v) is 31.8. The predicted octanol–water partition coefficient (Wildman–Crippen LogP) is 22.4. The van der Waals surface area contributed by atoms with Crippen molar-refractivity contribution in [2.75, 3.05) is 9.80 Å². The Bertz CT molecular complexity index is 3860. The van der Waals surface area contributed by atoms with E-state index >= 15 is 0 Å². The lowest BCUT2D eigenvalue weighted by Crippen LogP contribution is -2.31. The van der Waals surface area contributed by atoms with Crippen molar-refractivity contribution < 1.29 is 19.7 Å². The molecule has 2 aliphatic heterocycles. The number of hydrogen-bond donors (Lipinski definition) is 2. The average molecular weight is 1180 g/mol. The van der Waals surface area contributed by atoms with Crippen LogP contribution >= 0.6 is 0 Å². The van der Waals surface area contributed by atoms with Gasteiger partial charge in [0.05, 0.1) is 11.4 Å². The summed E-state index contributed by atoms with van der Waals surface area (Å²) in [4.78, 5) is 4.47. The first kappa shape index (κ1) is 60.3. The van der Waals surface area contributed by atoms with E-state index in [9.17, 15) is 10.2 Å². The monoisotopic (exact) mass is 1170 g/mol. The number of aromatic hydroxyl groups is 2. The molecule has 89 heavy (non-hydrogen) atoms. The van der Waals surface area contributed by atoms with E-state index in [1.54, 1.807) is 0 Å². The molecule has 2 heterocycles. The van der Waals surface area contributed by atoms with Gasteiger partial charge in [0.2, 0.25) is 0 Å². The number of anilines is 6. The van der Waals surface area contributed by atoms with Gasteiger partial charge in [0, 0.05) is 64.3 Å². The fraction of sp³-hybridized carbons (Fsp3) is 0.277. The Hall–Kier alpha value is -9.00. The summed E-state index contributed by atoms with van der Waals surface area (Å²) < 4.78 is 15.3. The number of ether oxygens (including phenoxy) is 2. The average Bonchev–Trinajstić information content (AvgIpc) is 0.803. The Morgan fingerprint density at radius 1 is 0.360 bits per heavy atom. The molecule has 0 saturated heterocycles. The van der Waals surface area contributed by atoms with E-state index in [4.69, 9.17) is 9.47 Å². The van der Waals surface area contributed by atoms with E-state index in [2.05, 4.69) is 299 Å². The van der Waals surface area contributed by atoms with Crippen LogP contribution in [0.3, 0.4) is 0 Å². The molecule has 0 fully saturated rings. The van der Waals surface area contributed by atoms with Crippen molar-refractivity contribution in [3.05, 3.63) is 274 Å². The summed E-state index contributed by atoms with van der Waals surface area (Å²) in [5.74, 6) is 1.66. The maximum Gasteiger partial charge on any atom is 0.147 e. The van der Waals surface area contributed by atoms with Gasteiger partial charge in [0.15, 0.2) is 0 Å². The second-order valence-corrected chi connectivity index (χ2v) is 28.5. The second-order valence-electron chi connectivity index (χ2n) is 28.5. The van der Waals surface area contributed by atoms with E-state index in [1.165, 1.54) is 22.3 Å². The van der Waals surface area contributed by atoms with Crippen molar-refractivity contribution >= 4 is 34.1 Å². The Morgan fingerprint density at radius 3 is 1.00 bits per heavy atom. The summed E-state index contributed by atoms with van der Waals surface area (Å²) in [6.07, 6.45) is 2.56. The maximum absolute atomic E-state index is 13.2. The zero-order valence-corrected chi connectivity index (χ0v) is 54.1. The Balaban J connectivity index is 0.997. The number of hydrogen-bond acceptors (Lipinski definition) is 6. The summed E-state index contributed by atoms with van der Waals surface area (Å²) in [6, 6.07) is 76.7. The summed E-state index contributed by atoms with van der Waals surface area (Å²) >= 11 is 0. The van der Waals surface area contributed by atoms with Crippen LogP contribution in [-0.2, 0) is 25.7 Å². The Morgan fingerprint density at radius 2 is 0.674 bits per heavy atom. The van der Waals surface area contributed by atoms with Gasteiger partial charge in [-0.2, -0.15) is 0 Å². The molecule has 0 radical (unpaired) electrons. The molecule has 0 bridgehead atoms. The SMILES string of the molecule is Cc1cc(-c2cc(CC(C)(C)C(C)(C)C)ccc2O[C@@H](C[C@@H](Oc2ccc(CC(C)(C)C(C)(C)C)cc2-c2cc(C)cc(N3c4ccccc4Cc4ccccc43)c2O)c2ccccc2)c2ccccc2)c(O)c(N2c3ccccc3Cc3ccccc32)c1. The lowest BCUT2D eigenvalue weighted by molar-refractivity contribution is 0.111. The molecule has 452 valence electrons. The maximum atomic E-state index is 13.2.